The van der Waals surface area contributed by atoms with Crippen LogP contribution < -0.4 is 11.1 Å². The minimum absolute atomic E-state index is 0.0235. The molecule has 3 N–H and O–H groups in total. The molecule has 0 saturated carbocycles. The van der Waals surface area contributed by atoms with Crippen molar-refractivity contribution in [2.75, 3.05) is 40.4 Å². The topological polar surface area (TPSA) is 99.0 Å². The van der Waals surface area contributed by atoms with Crippen molar-refractivity contribution in [3.05, 3.63) is 71.3 Å². The van der Waals surface area contributed by atoms with Crippen molar-refractivity contribution in [1.29, 1.82) is 0 Å². The van der Waals surface area contributed by atoms with Crippen LogP contribution in [-0.2, 0) is 22.6 Å². The number of hydrogen-bond donors (Lipinski definition) is 2. The highest BCUT2D eigenvalue weighted by molar-refractivity contribution is 5.99. The Hall–Kier alpha value is -3.37. The third-order valence-corrected chi connectivity index (χ3v) is 4.95. The van der Waals surface area contributed by atoms with Crippen LogP contribution in [0.25, 0.3) is 0 Å². The molecule has 4 amide bonds. The number of carbonyl (C=O) groups excluding carboxylic acids is 3. The number of urea groups is 1. The maximum atomic E-state index is 13.1. The van der Waals surface area contributed by atoms with Gasteiger partial charge in [-0.15, -0.1) is 0 Å². The number of rotatable bonds is 5. The van der Waals surface area contributed by atoms with Crippen LogP contribution in [0.5, 0.6) is 0 Å². The molecule has 0 bridgehead atoms. The Morgan fingerprint density at radius 1 is 0.892 bits per heavy atom. The van der Waals surface area contributed by atoms with Gasteiger partial charge in [0.25, 0.3) is 0 Å². The smallest absolute Gasteiger partial charge is 0.324 e. The van der Waals surface area contributed by atoms with E-state index in [4.69, 9.17) is 0 Å². The van der Waals surface area contributed by atoms with Gasteiger partial charge >= 0.3 is 6.03 Å². The van der Waals surface area contributed by atoms with Crippen molar-refractivity contribution < 1.29 is 23.2 Å². The summed E-state index contributed by atoms with van der Waals surface area (Å²) in [7, 11) is 3.19. The average molecular weight is 520 g/mol. The van der Waals surface area contributed by atoms with Gasteiger partial charge in [-0.1, -0.05) is 45.0 Å². The summed E-state index contributed by atoms with van der Waals surface area (Å²) in [5, 5.41) is 2.60. The number of nitrogens with two attached hydrogens (primary N) is 1. The summed E-state index contributed by atoms with van der Waals surface area (Å²) in [5.41, 5.74) is 6.04. The lowest BCUT2D eigenvalue weighted by atomic mass is 10.1. The molecule has 1 fully saturated rings. The van der Waals surface area contributed by atoms with Crippen molar-refractivity contribution in [2.24, 2.45) is 11.7 Å². The van der Waals surface area contributed by atoms with Crippen LogP contribution in [0.1, 0.15) is 31.9 Å². The fourth-order valence-corrected chi connectivity index (χ4v) is 3.23. The molecule has 10 heteroatoms. The van der Waals surface area contributed by atoms with Gasteiger partial charge in [0, 0.05) is 13.1 Å². The summed E-state index contributed by atoms with van der Waals surface area (Å²) >= 11 is 0. The lowest BCUT2D eigenvalue weighted by Gasteiger charge is -2.34. The average Bonchev–Trinajstić information content (AvgIpc) is 2.85. The Morgan fingerprint density at radius 2 is 1.38 bits per heavy atom. The molecular formula is C27H39F2N5O3. The molecule has 0 atom stereocenters. The first kappa shape index (κ1) is 31.7. The second kappa shape index (κ2) is 16.4. The number of benzene rings is 2. The Balaban J connectivity index is 0.00000104. The molecule has 0 aliphatic carbocycles. The Bertz CT molecular complexity index is 982. The van der Waals surface area contributed by atoms with E-state index in [0.29, 0.717) is 18.5 Å². The SMILES string of the molecule is CC(C)C.CN.CN1CC(=O)N(C(=O)NCc2ccc(F)cc2)CC(=O)N(CCc2ccc(F)cc2)C1. The summed E-state index contributed by atoms with van der Waals surface area (Å²) < 4.78 is 26.1. The van der Waals surface area contributed by atoms with Gasteiger partial charge in [0.2, 0.25) is 11.8 Å². The largest absolute Gasteiger partial charge is 0.334 e. The summed E-state index contributed by atoms with van der Waals surface area (Å²) in [6.45, 7) is 6.82. The molecule has 1 aliphatic rings. The lowest BCUT2D eigenvalue weighted by molar-refractivity contribution is -0.143. The molecule has 0 radical (unpaired) electrons. The second-order valence-electron chi connectivity index (χ2n) is 9.19. The van der Waals surface area contributed by atoms with E-state index in [0.717, 1.165) is 16.4 Å². The number of hydrogen-bond acceptors (Lipinski definition) is 5. The zero-order chi connectivity index (χ0) is 28.0. The van der Waals surface area contributed by atoms with E-state index in [2.05, 4.69) is 31.8 Å². The minimum Gasteiger partial charge on any atom is -0.334 e. The quantitative estimate of drug-likeness (QED) is 0.632. The molecule has 1 heterocycles. The second-order valence-corrected chi connectivity index (χ2v) is 9.19. The highest BCUT2D eigenvalue weighted by atomic mass is 19.1. The predicted molar refractivity (Wildman–Crippen MR) is 140 cm³/mol. The molecule has 0 spiro atoms. The fourth-order valence-electron chi connectivity index (χ4n) is 3.23. The highest BCUT2D eigenvalue weighted by Gasteiger charge is 2.30. The normalized spacial score (nSPS) is 14.2. The number of nitrogens with zero attached hydrogens (tertiary/aromatic N) is 3. The molecule has 37 heavy (non-hydrogen) atoms. The van der Waals surface area contributed by atoms with Crippen molar-refractivity contribution in [3.63, 3.8) is 0 Å². The summed E-state index contributed by atoms with van der Waals surface area (Å²) in [6.07, 6.45) is 0.518. The number of nitrogens with one attached hydrogen (secondary N) is 1. The summed E-state index contributed by atoms with van der Waals surface area (Å²) in [6, 6.07) is 11.0. The van der Waals surface area contributed by atoms with E-state index < -0.39 is 11.9 Å². The molecule has 1 aliphatic heterocycles. The molecular weight excluding hydrogens is 480 g/mol. The van der Waals surface area contributed by atoms with Crippen LogP contribution in [0.15, 0.2) is 48.5 Å². The van der Waals surface area contributed by atoms with E-state index in [1.807, 2.05) is 0 Å². The molecule has 3 rings (SSSR count). The van der Waals surface area contributed by atoms with Gasteiger partial charge in [-0.3, -0.25) is 19.4 Å². The zero-order valence-corrected chi connectivity index (χ0v) is 22.3. The first-order valence-corrected chi connectivity index (χ1v) is 12.2. The van der Waals surface area contributed by atoms with Gasteiger partial charge in [0.1, 0.15) is 18.2 Å². The maximum Gasteiger partial charge on any atom is 0.324 e. The first-order chi connectivity index (χ1) is 17.5. The monoisotopic (exact) mass is 519 g/mol. The predicted octanol–water partition coefficient (Wildman–Crippen LogP) is 3.21. The van der Waals surface area contributed by atoms with E-state index in [-0.39, 0.29) is 43.8 Å². The summed E-state index contributed by atoms with van der Waals surface area (Å²) in [5.74, 6) is -0.723. The maximum absolute atomic E-state index is 13.1. The Morgan fingerprint density at radius 3 is 1.89 bits per heavy atom. The van der Waals surface area contributed by atoms with Gasteiger partial charge in [0.15, 0.2) is 0 Å². The van der Waals surface area contributed by atoms with Crippen LogP contribution in [0.3, 0.4) is 0 Å². The zero-order valence-electron chi connectivity index (χ0n) is 22.3. The molecule has 0 aromatic heterocycles. The van der Waals surface area contributed by atoms with Crippen molar-refractivity contribution in [2.45, 2.75) is 33.7 Å². The van der Waals surface area contributed by atoms with Gasteiger partial charge in [-0.2, -0.15) is 0 Å². The standard InChI is InChI=1S/C22H24F2N4O3.C4H10.CH5N/c1-26-13-21(30)28(22(31)25-12-17-4-8-19(24)9-5-17)14-20(29)27(15-26)11-10-16-2-6-18(23)7-3-16;1-4(2)3;1-2/h2-9H,10-15H2,1H3,(H,25,31);4H,1-3H3;2H2,1H3. The van der Waals surface area contributed by atoms with E-state index in [9.17, 15) is 23.2 Å². The Labute approximate surface area is 218 Å². The molecule has 2 aromatic rings. The van der Waals surface area contributed by atoms with Crippen molar-refractivity contribution >= 4 is 17.8 Å². The number of halogens is 2. The minimum atomic E-state index is -0.684. The number of likely N-dealkylation sites (N-methyl/N-ethyl adjacent to an activating group) is 1. The third-order valence-electron chi connectivity index (χ3n) is 4.95. The van der Waals surface area contributed by atoms with Crippen LogP contribution in [0.4, 0.5) is 13.6 Å². The lowest BCUT2D eigenvalue weighted by Crippen LogP contribution is -2.56. The van der Waals surface area contributed by atoms with Gasteiger partial charge in [-0.25, -0.2) is 13.6 Å². The van der Waals surface area contributed by atoms with Gasteiger partial charge in [-0.05, 0) is 61.8 Å². The van der Waals surface area contributed by atoms with E-state index in [1.165, 1.54) is 43.4 Å². The van der Waals surface area contributed by atoms with Crippen LogP contribution in [0.2, 0.25) is 0 Å². The van der Waals surface area contributed by atoms with Crippen LogP contribution in [0, 0.1) is 17.6 Å². The van der Waals surface area contributed by atoms with E-state index >= 15 is 0 Å². The highest BCUT2D eigenvalue weighted by Crippen LogP contribution is 2.09. The van der Waals surface area contributed by atoms with Gasteiger partial charge < -0.3 is 16.0 Å². The molecule has 204 valence electrons. The van der Waals surface area contributed by atoms with Crippen molar-refractivity contribution in [3.8, 4) is 0 Å². The van der Waals surface area contributed by atoms with Crippen LogP contribution in [-0.4, -0.2) is 72.9 Å². The first-order valence-electron chi connectivity index (χ1n) is 12.2. The molecule has 8 nitrogen and oxygen atoms in total. The summed E-state index contributed by atoms with van der Waals surface area (Å²) in [4.78, 5) is 42.0. The molecule has 2 aromatic carbocycles. The van der Waals surface area contributed by atoms with E-state index in [1.54, 1.807) is 29.0 Å². The van der Waals surface area contributed by atoms with Crippen molar-refractivity contribution in [1.82, 2.24) is 20.0 Å². The van der Waals surface area contributed by atoms with Crippen LogP contribution >= 0.6 is 0 Å². The molecule has 1 saturated heterocycles. The fraction of sp³-hybridized carbons (Fsp3) is 0.444. The van der Waals surface area contributed by atoms with Gasteiger partial charge in [0.05, 0.1) is 13.2 Å². The molecule has 0 unspecified atom stereocenters. The third kappa shape index (κ3) is 11.9. The number of amides is 4. The number of imide groups is 1. The Kier molecular flexibility index (Phi) is 14.0. The number of carbonyl (C=O) groups is 3.